The molecule has 0 atom stereocenters. The van der Waals surface area contributed by atoms with Crippen molar-refractivity contribution in [3.63, 3.8) is 0 Å². The van der Waals surface area contributed by atoms with E-state index >= 15 is 0 Å². The summed E-state index contributed by atoms with van der Waals surface area (Å²) in [4.78, 5) is 9.97. The summed E-state index contributed by atoms with van der Waals surface area (Å²) in [6, 6.07) is 45.2. The molecule has 3 aromatic heterocycles. The minimum Gasteiger partial charge on any atom is -0.307 e. The average molecular weight is 511 g/mol. The second-order valence-electron chi connectivity index (χ2n) is 10.3. The minimum atomic E-state index is 0.674. The molecule has 0 N–H and O–H groups in total. The van der Waals surface area contributed by atoms with Crippen LogP contribution < -0.4 is 0 Å². The quantitative estimate of drug-likeness (QED) is 0.233. The van der Waals surface area contributed by atoms with Gasteiger partial charge in [-0.25, -0.2) is 9.97 Å². The molecule has 0 radical (unpaired) electrons. The van der Waals surface area contributed by atoms with Crippen LogP contribution in [0.25, 0.3) is 76.9 Å². The highest BCUT2D eigenvalue weighted by Crippen LogP contribution is 2.42. The second kappa shape index (κ2) is 8.01. The Morgan fingerprint density at radius 3 is 1.95 bits per heavy atom. The first kappa shape index (κ1) is 21.5. The van der Waals surface area contributed by atoms with Crippen LogP contribution in [0.1, 0.15) is 0 Å². The number of fused-ring (bicyclic) bond motifs is 9. The summed E-state index contributed by atoms with van der Waals surface area (Å²) in [7, 11) is 0. The van der Waals surface area contributed by atoms with Gasteiger partial charge in [0.1, 0.15) is 0 Å². The van der Waals surface area contributed by atoms with E-state index in [9.17, 15) is 0 Å². The smallest absolute Gasteiger partial charge is 0.235 e. The van der Waals surface area contributed by atoms with Crippen LogP contribution in [0.3, 0.4) is 0 Å². The van der Waals surface area contributed by atoms with Gasteiger partial charge in [0.25, 0.3) is 0 Å². The normalized spacial score (nSPS) is 12.0. The van der Waals surface area contributed by atoms with Gasteiger partial charge in [-0.05, 0) is 47.2 Å². The number of benzene rings is 6. The number of para-hydroxylation sites is 3. The molecule has 0 aliphatic heterocycles. The maximum Gasteiger partial charge on any atom is 0.235 e. The Balaban J connectivity index is 1.54. The summed E-state index contributed by atoms with van der Waals surface area (Å²) < 4.78 is 4.66. The van der Waals surface area contributed by atoms with E-state index < -0.39 is 0 Å². The Hall–Kier alpha value is -5.48. The number of aromatic nitrogens is 4. The van der Waals surface area contributed by atoms with Crippen LogP contribution in [0.4, 0.5) is 0 Å². The number of rotatable bonds is 2. The third-order valence-electron chi connectivity index (χ3n) is 8.12. The number of nitrogens with zero attached hydrogens (tertiary/aromatic N) is 4. The van der Waals surface area contributed by atoms with Gasteiger partial charge in [0.2, 0.25) is 5.95 Å². The van der Waals surface area contributed by atoms with Crippen molar-refractivity contribution in [2.75, 3.05) is 0 Å². The summed E-state index contributed by atoms with van der Waals surface area (Å²) in [5.74, 6) is 0.674. The molecule has 3 heterocycles. The number of hydrogen-bond donors (Lipinski definition) is 0. The van der Waals surface area contributed by atoms with Gasteiger partial charge in [0, 0.05) is 38.8 Å². The van der Waals surface area contributed by atoms with Crippen LogP contribution in [-0.4, -0.2) is 19.1 Å². The molecule has 0 unspecified atom stereocenters. The Morgan fingerprint density at radius 2 is 1.10 bits per heavy atom. The van der Waals surface area contributed by atoms with Crippen molar-refractivity contribution in [2.24, 2.45) is 0 Å². The Labute approximate surface area is 229 Å². The molecular formula is C36H22N4. The molecule has 9 aromatic rings. The molecule has 0 aliphatic carbocycles. The van der Waals surface area contributed by atoms with Gasteiger partial charge < -0.3 is 4.57 Å². The highest BCUT2D eigenvalue weighted by molar-refractivity contribution is 6.24. The molecular weight excluding hydrogens is 488 g/mol. The van der Waals surface area contributed by atoms with Crippen LogP contribution in [0.15, 0.2) is 134 Å². The highest BCUT2D eigenvalue weighted by atomic mass is 15.2. The number of hydrogen-bond acceptors (Lipinski definition) is 2. The summed E-state index contributed by atoms with van der Waals surface area (Å²) in [5, 5.41) is 8.31. The monoisotopic (exact) mass is 510 g/mol. The van der Waals surface area contributed by atoms with Crippen LogP contribution in [-0.2, 0) is 0 Å². The fraction of sp³-hybridized carbons (Fsp3) is 0. The zero-order chi connectivity index (χ0) is 26.2. The molecule has 9 rings (SSSR count). The Kier molecular flexibility index (Phi) is 4.30. The maximum atomic E-state index is 5.07. The van der Waals surface area contributed by atoms with Gasteiger partial charge in [-0.1, -0.05) is 91.0 Å². The summed E-state index contributed by atoms with van der Waals surface area (Å²) in [5.41, 5.74) is 6.60. The largest absolute Gasteiger partial charge is 0.307 e. The lowest BCUT2D eigenvalue weighted by Crippen LogP contribution is -2.02. The van der Waals surface area contributed by atoms with E-state index in [-0.39, 0.29) is 0 Å². The third kappa shape index (κ3) is 2.90. The molecule has 4 nitrogen and oxygen atoms in total. The molecule has 0 saturated heterocycles. The van der Waals surface area contributed by atoms with Crippen molar-refractivity contribution in [3.05, 3.63) is 134 Å². The Morgan fingerprint density at radius 1 is 0.450 bits per heavy atom. The topological polar surface area (TPSA) is 35.6 Å². The molecule has 4 heteroatoms. The van der Waals surface area contributed by atoms with Gasteiger partial charge in [0.15, 0.2) is 0 Å². The van der Waals surface area contributed by atoms with Crippen molar-refractivity contribution in [3.8, 4) is 11.6 Å². The minimum absolute atomic E-state index is 0.674. The lowest BCUT2D eigenvalue weighted by molar-refractivity contribution is 1.01. The van der Waals surface area contributed by atoms with Gasteiger partial charge >= 0.3 is 0 Å². The molecule has 186 valence electrons. The fourth-order valence-electron chi connectivity index (χ4n) is 6.36. The zero-order valence-electron chi connectivity index (χ0n) is 21.5. The van der Waals surface area contributed by atoms with Gasteiger partial charge in [0.05, 0.1) is 27.6 Å². The first-order valence-electron chi connectivity index (χ1n) is 13.5. The van der Waals surface area contributed by atoms with Crippen molar-refractivity contribution < 1.29 is 0 Å². The highest BCUT2D eigenvalue weighted by Gasteiger charge is 2.22. The van der Waals surface area contributed by atoms with E-state index in [4.69, 9.17) is 9.97 Å². The third-order valence-corrected chi connectivity index (χ3v) is 8.12. The molecule has 0 bridgehead atoms. The van der Waals surface area contributed by atoms with E-state index in [1.807, 2.05) is 18.3 Å². The van der Waals surface area contributed by atoms with Crippen molar-refractivity contribution in [1.82, 2.24) is 19.1 Å². The predicted octanol–water partition coefficient (Wildman–Crippen LogP) is 8.98. The van der Waals surface area contributed by atoms with E-state index in [1.165, 1.54) is 37.8 Å². The first-order chi connectivity index (χ1) is 19.8. The molecule has 0 saturated carbocycles. The molecule has 0 spiro atoms. The van der Waals surface area contributed by atoms with E-state index in [0.717, 1.165) is 33.1 Å². The SMILES string of the molecule is c1ccc(-n2c3cc4ccccc4cc3c3ccc4c5ccccc5n(-c5ncc6ccccc6n5)c4c32)cc1. The maximum absolute atomic E-state index is 5.07. The lowest BCUT2D eigenvalue weighted by atomic mass is 10.1. The van der Waals surface area contributed by atoms with Gasteiger partial charge in [-0.15, -0.1) is 0 Å². The van der Waals surface area contributed by atoms with Crippen molar-refractivity contribution >= 4 is 65.3 Å². The Bertz CT molecular complexity index is 2430. The van der Waals surface area contributed by atoms with Crippen molar-refractivity contribution in [1.29, 1.82) is 0 Å². The molecule has 0 amide bonds. The van der Waals surface area contributed by atoms with Crippen LogP contribution in [0.5, 0.6) is 0 Å². The summed E-state index contributed by atoms with van der Waals surface area (Å²) in [6.07, 6.45) is 1.93. The zero-order valence-corrected chi connectivity index (χ0v) is 21.5. The molecule has 0 fully saturated rings. The van der Waals surface area contributed by atoms with E-state index in [2.05, 4.69) is 124 Å². The second-order valence-corrected chi connectivity index (χ2v) is 10.3. The van der Waals surface area contributed by atoms with E-state index in [1.54, 1.807) is 0 Å². The molecule has 0 aliphatic rings. The average Bonchev–Trinajstić information content (AvgIpc) is 3.52. The summed E-state index contributed by atoms with van der Waals surface area (Å²) >= 11 is 0. The van der Waals surface area contributed by atoms with E-state index in [0.29, 0.717) is 5.95 Å². The fourth-order valence-corrected chi connectivity index (χ4v) is 6.36. The first-order valence-corrected chi connectivity index (χ1v) is 13.5. The molecule has 6 aromatic carbocycles. The van der Waals surface area contributed by atoms with Crippen LogP contribution in [0, 0.1) is 0 Å². The standard InChI is InChI=1S/C36H22N4/c1-2-13-26(14-3-1)39-33-21-24-11-5-4-10-23(24)20-30(33)29-19-18-28-27-15-7-9-17-32(27)40(35(28)34(29)39)36-37-22-25-12-6-8-16-31(25)38-36/h1-22H. The lowest BCUT2D eigenvalue weighted by Gasteiger charge is -2.12. The van der Waals surface area contributed by atoms with Crippen molar-refractivity contribution in [2.45, 2.75) is 0 Å². The summed E-state index contributed by atoms with van der Waals surface area (Å²) in [6.45, 7) is 0. The predicted molar refractivity (Wildman–Crippen MR) is 166 cm³/mol. The van der Waals surface area contributed by atoms with Crippen LogP contribution in [0.2, 0.25) is 0 Å². The molecule has 40 heavy (non-hydrogen) atoms. The van der Waals surface area contributed by atoms with Gasteiger partial charge in [-0.3, -0.25) is 4.57 Å². The van der Waals surface area contributed by atoms with Crippen LogP contribution >= 0.6 is 0 Å². The van der Waals surface area contributed by atoms with Gasteiger partial charge in [-0.2, -0.15) is 0 Å².